The van der Waals surface area contributed by atoms with Gasteiger partial charge in [0, 0.05) is 0 Å². The van der Waals surface area contributed by atoms with Crippen LogP contribution in [0.4, 0.5) is 13.2 Å². The number of nitrogens with zero attached hydrogens (tertiary/aromatic N) is 1. The summed E-state index contributed by atoms with van der Waals surface area (Å²) < 4.78 is 43.5. The molecule has 2 nitrogen and oxygen atoms in total. The van der Waals surface area contributed by atoms with Crippen molar-refractivity contribution in [2.75, 3.05) is 0 Å². The number of rotatable bonds is 2. The number of hydrogen-bond donors (Lipinski definition) is 0. The molecule has 0 saturated heterocycles. The summed E-state index contributed by atoms with van der Waals surface area (Å²) in [6.07, 6.45) is -0.583. The molecule has 0 bridgehead atoms. The van der Waals surface area contributed by atoms with Crippen molar-refractivity contribution >= 4 is 0 Å². The van der Waals surface area contributed by atoms with Gasteiger partial charge in [0.05, 0.1) is 17.2 Å². The van der Waals surface area contributed by atoms with E-state index in [-0.39, 0.29) is 17.4 Å². The van der Waals surface area contributed by atoms with Crippen LogP contribution in [0.15, 0.2) is 18.2 Å². The third kappa shape index (κ3) is 3.44. The van der Waals surface area contributed by atoms with E-state index in [1.807, 2.05) is 0 Å². The highest BCUT2D eigenvalue weighted by atomic mass is 19.4. The number of benzene rings is 1. The molecule has 0 atom stereocenters. The van der Waals surface area contributed by atoms with Crippen LogP contribution in [0.25, 0.3) is 0 Å². The van der Waals surface area contributed by atoms with Gasteiger partial charge in [0.2, 0.25) is 0 Å². The van der Waals surface area contributed by atoms with Gasteiger partial charge in [0.25, 0.3) is 0 Å². The predicted molar refractivity (Wildman–Crippen MR) is 68.2 cm³/mol. The molecule has 0 heterocycles. The van der Waals surface area contributed by atoms with Crippen molar-refractivity contribution in [1.82, 2.24) is 0 Å². The van der Waals surface area contributed by atoms with Crippen LogP contribution >= 0.6 is 0 Å². The molecule has 0 unspecified atom stereocenters. The van der Waals surface area contributed by atoms with E-state index in [4.69, 9.17) is 10.00 Å². The van der Waals surface area contributed by atoms with Crippen LogP contribution in [-0.4, -0.2) is 6.10 Å². The van der Waals surface area contributed by atoms with Gasteiger partial charge in [0.15, 0.2) is 0 Å². The minimum absolute atomic E-state index is 0.00460. The van der Waals surface area contributed by atoms with Gasteiger partial charge in [-0.2, -0.15) is 18.4 Å². The molecular weight excluding hydrogens is 267 g/mol. The monoisotopic (exact) mass is 283 g/mol. The predicted octanol–water partition coefficient (Wildman–Crippen LogP) is 4.53. The highest BCUT2D eigenvalue weighted by Gasteiger charge is 2.31. The maximum absolute atomic E-state index is 12.6. The molecule has 1 aliphatic carbocycles. The first kappa shape index (κ1) is 14.7. The number of nitriles is 1. The van der Waals surface area contributed by atoms with Gasteiger partial charge >= 0.3 is 6.18 Å². The van der Waals surface area contributed by atoms with E-state index in [1.54, 1.807) is 6.07 Å². The highest BCUT2D eigenvalue weighted by Crippen LogP contribution is 2.34. The zero-order valence-corrected chi connectivity index (χ0v) is 11.2. The van der Waals surface area contributed by atoms with Crippen molar-refractivity contribution in [3.05, 3.63) is 29.3 Å². The summed E-state index contributed by atoms with van der Waals surface area (Å²) in [6, 6.07) is 4.84. The standard InChI is InChI=1S/C15H16F3NO/c1-10-2-5-13(6-3-10)20-14-7-4-12(15(16,17)18)8-11(14)9-19/h4,7-8,10,13H,2-3,5-6H2,1H3. The van der Waals surface area contributed by atoms with E-state index in [0.717, 1.165) is 37.8 Å². The maximum Gasteiger partial charge on any atom is 0.416 e. The molecule has 0 aromatic heterocycles. The second kappa shape index (κ2) is 5.74. The Labute approximate surface area is 116 Å². The lowest BCUT2D eigenvalue weighted by Gasteiger charge is -2.27. The van der Waals surface area contributed by atoms with E-state index in [9.17, 15) is 13.2 Å². The Morgan fingerprint density at radius 3 is 2.40 bits per heavy atom. The first-order valence-electron chi connectivity index (χ1n) is 6.68. The van der Waals surface area contributed by atoms with Crippen LogP contribution < -0.4 is 4.74 Å². The molecule has 20 heavy (non-hydrogen) atoms. The summed E-state index contributed by atoms with van der Waals surface area (Å²) in [5.41, 5.74) is -0.878. The Hall–Kier alpha value is -1.70. The van der Waals surface area contributed by atoms with E-state index in [0.29, 0.717) is 5.92 Å². The van der Waals surface area contributed by atoms with Gasteiger partial charge in [-0.15, -0.1) is 0 Å². The third-order valence-electron chi connectivity index (χ3n) is 3.68. The first-order valence-corrected chi connectivity index (χ1v) is 6.68. The molecule has 1 fully saturated rings. The fraction of sp³-hybridized carbons (Fsp3) is 0.533. The van der Waals surface area contributed by atoms with Crippen LogP contribution in [-0.2, 0) is 6.18 Å². The van der Waals surface area contributed by atoms with E-state index >= 15 is 0 Å². The molecule has 0 N–H and O–H groups in total. The normalized spacial score (nSPS) is 23.1. The van der Waals surface area contributed by atoms with Crippen LogP contribution in [0.3, 0.4) is 0 Å². The van der Waals surface area contributed by atoms with Crippen molar-refractivity contribution in [2.45, 2.75) is 44.9 Å². The summed E-state index contributed by atoms with van der Waals surface area (Å²) in [5, 5.41) is 8.98. The number of alkyl halides is 3. The molecule has 0 amide bonds. The first-order chi connectivity index (χ1) is 9.40. The summed E-state index contributed by atoms with van der Waals surface area (Å²) in [4.78, 5) is 0. The van der Waals surface area contributed by atoms with Crippen LogP contribution in [0.5, 0.6) is 5.75 Å². The minimum atomic E-state index is -4.44. The van der Waals surface area contributed by atoms with Gasteiger partial charge in [-0.25, -0.2) is 0 Å². The molecule has 1 aromatic carbocycles. The largest absolute Gasteiger partial charge is 0.489 e. The van der Waals surface area contributed by atoms with Crippen molar-refractivity contribution < 1.29 is 17.9 Å². The van der Waals surface area contributed by atoms with Gasteiger partial charge in [0.1, 0.15) is 11.8 Å². The highest BCUT2D eigenvalue weighted by molar-refractivity contribution is 5.46. The summed E-state index contributed by atoms with van der Waals surface area (Å²) >= 11 is 0. The van der Waals surface area contributed by atoms with Gasteiger partial charge in [-0.3, -0.25) is 0 Å². The zero-order chi connectivity index (χ0) is 14.8. The minimum Gasteiger partial charge on any atom is -0.489 e. The second-order valence-electron chi connectivity index (χ2n) is 5.32. The fourth-order valence-corrected chi connectivity index (χ4v) is 2.42. The van der Waals surface area contributed by atoms with Crippen LogP contribution in [0, 0.1) is 17.2 Å². The number of hydrogen-bond acceptors (Lipinski definition) is 2. The lowest BCUT2D eigenvalue weighted by atomic mass is 9.89. The summed E-state index contributed by atoms with van der Waals surface area (Å²) in [6.45, 7) is 2.18. The molecule has 1 saturated carbocycles. The Kier molecular flexibility index (Phi) is 4.22. The van der Waals surface area contributed by atoms with Crippen LogP contribution in [0.2, 0.25) is 0 Å². The Morgan fingerprint density at radius 1 is 1.20 bits per heavy atom. The molecule has 5 heteroatoms. The zero-order valence-electron chi connectivity index (χ0n) is 11.2. The number of ether oxygens (including phenoxy) is 1. The quantitative estimate of drug-likeness (QED) is 0.798. The van der Waals surface area contributed by atoms with Crippen molar-refractivity contribution in [3.63, 3.8) is 0 Å². The Bertz CT molecular complexity index is 511. The van der Waals surface area contributed by atoms with Crippen LogP contribution in [0.1, 0.15) is 43.7 Å². The Morgan fingerprint density at radius 2 is 1.85 bits per heavy atom. The summed E-state index contributed by atoms with van der Waals surface area (Å²) in [5.74, 6) is 0.915. The topological polar surface area (TPSA) is 33.0 Å². The molecule has 0 spiro atoms. The maximum atomic E-state index is 12.6. The SMILES string of the molecule is CC1CCC(Oc2ccc(C(F)(F)F)cc2C#N)CC1. The van der Waals surface area contributed by atoms with Gasteiger partial charge in [-0.05, 0) is 49.8 Å². The fourth-order valence-electron chi connectivity index (χ4n) is 2.42. The Balaban J connectivity index is 2.14. The molecule has 1 aliphatic rings. The molecule has 1 aromatic rings. The van der Waals surface area contributed by atoms with Crippen molar-refractivity contribution in [3.8, 4) is 11.8 Å². The molecule has 108 valence electrons. The average Bonchev–Trinajstić information content (AvgIpc) is 2.40. The van der Waals surface area contributed by atoms with E-state index < -0.39 is 11.7 Å². The number of halogens is 3. The molecule has 0 radical (unpaired) electrons. The lowest BCUT2D eigenvalue weighted by molar-refractivity contribution is -0.137. The van der Waals surface area contributed by atoms with Crippen molar-refractivity contribution in [2.24, 2.45) is 5.92 Å². The average molecular weight is 283 g/mol. The van der Waals surface area contributed by atoms with E-state index in [1.165, 1.54) is 6.07 Å². The molecule has 2 rings (SSSR count). The lowest BCUT2D eigenvalue weighted by Crippen LogP contribution is -2.23. The van der Waals surface area contributed by atoms with Gasteiger partial charge < -0.3 is 4.74 Å². The summed E-state index contributed by atoms with van der Waals surface area (Å²) in [7, 11) is 0. The third-order valence-corrected chi connectivity index (χ3v) is 3.68. The van der Waals surface area contributed by atoms with Gasteiger partial charge in [-0.1, -0.05) is 6.92 Å². The second-order valence-corrected chi connectivity index (χ2v) is 5.32. The van der Waals surface area contributed by atoms with E-state index in [2.05, 4.69) is 6.92 Å². The molecular formula is C15H16F3NO. The smallest absolute Gasteiger partial charge is 0.416 e. The molecule has 0 aliphatic heterocycles. The van der Waals surface area contributed by atoms with Crippen molar-refractivity contribution in [1.29, 1.82) is 5.26 Å².